The highest BCUT2D eigenvalue weighted by atomic mass is 35.5. The zero-order chi connectivity index (χ0) is 16.7. The molecule has 24 heavy (non-hydrogen) atoms. The lowest BCUT2D eigenvalue weighted by molar-refractivity contribution is -0.122. The first-order chi connectivity index (χ1) is 11.0. The molecule has 0 atom stereocenters. The normalized spacial score (nSPS) is 16.1. The first-order valence-corrected chi connectivity index (χ1v) is 7.92. The highest BCUT2D eigenvalue weighted by Gasteiger charge is 2.35. The summed E-state index contributed by atoms with van der Waals surface area (Å²) < 4.78 is 6.33. The molecule has 1 aliphatic carbocycles. The summed E-state index contributed by atoms with van der Waals surface area (Å²) >= 11 is 0. The number of nitrogens with one attached hydrogen (secondary N) is 2. The Labute approximate surface area is 147 Å². The minimum atomic E-state index is -0.794. The number of anilines is 1. The fourth-order valence-corrected chi connectivity index (χ4v) is 2.68. The second kappa shape index (κ2) is 9.61. The van der Waals surface area contributed by atoms with Gasteiger partial charge in [0.15, 0.2) is 0 Å². The van der Waals surface area contributed by atoms with Crippen LogP contribution in [-0.2, 0) is 20.9 Å². The maximum atomic E-state index is 12.3. The summed E-state index contributed by atoms with van der Waals surface area (Å²) in [5.41, 5.74) is 5.95. The van der Waals surface area contributed by atoms with Crippen molar-refractivity contribution in [1.82, 2.24) is 15.1 Å². The van der Waals surface area contributed by atoms with Crippen LogP contribution in [0, 0.1) is 0 Å². The number of carbonyl (C=O) groups excluding carboxylic acids is 2. The number of halogens is 1. The summed E-state index contributed by atoms with van der Waals surface area (Å²) in [4.78, 5) is 24.0. The van der Waals surface area contributed by atoms with Gasteiger partial charge in [0.2, 0.25) is 11.8 Å². The fraction of sp³-hybridized carbons (Fsp3) is 0.667. The van der Waals surface area contributed by atoms with E-state index < -0.39 is 5.54 Å². The molecule has 0 aromatic carbocycles. The molecule has 8 nitrogen and oxygen atoms in total. The van der Waals surface area contributed by atoms with Crippen LogP contribution in [-0.4, -0.2) is 47.4 Å². The molecule has 136 valence electrons. The van der Waals surface area contributed by atoms with E-state index in [4.69, 9.17) is 10.5 Å². The molecule has 0 unspecified atom stereocenters. The predicted molar refractivity (Wildman–Crippen MR) is 93.0 cm³/mol. The zero-order valence-corrected chi connectivity index (χ0v) is 14.7. The van der Waals surface area contributed by atoms with Crippen LogP contribution in [0.25, 0.3) is 0 Å². The number of hydrogen-bond donors (Lipinski definition) is 3. The fourth-order valence-electron chi connectivity index (χ4n) is 2.68. The summed E-state index contributed by atoms with van der Waals surface area (Å²) in [5, 5.41) is 9.58. The Hall–Kier alpha value is -1.64. The first-order valence-electron chi connectivity index (χ1n) is 7.92. The monoisotopic (exact) mass is 359 g/mol. The number of hydrogen-bond acceptors (Lipinski definition) is 5. The number of nitrogens with zero attached hydrogens (tertiary/aromatic N) is 2. The standard InChI is InChI=1S/C15H25N5O3.ClH/c1-23-8-7-17-13(21)11-20-10-12(9-18-20)19-14(22)15(16)5-3-2-4-6-15;/h9-10H,2-8,11,16H2,1H3,(H,17,21)(H,19,22);1H. The lowest BCUT2D eigenvalue weighted by Crippen LogP contribution is -2.52. The molecule has 1 aliphatic rings. The predicted octanol–water partition coefficient (Wildman–Crippen LogP) is 0.668. The minimum absolute atomic E-state index is 0. The molecule has 1 aromatic heterocycles. The zero-order valence-electron chi connectivity index (χ0n) is 13.9. The smallest absolute Gasteiger partial charge is 0.244 e. The van der Waals surface area contributed by atoms with E-state index in [9.17, 15) is 9.59 Å². The third kappa shape index (κ3) is 5.77. The minimum Gasteiger partial charge on any atom is -0.383 e. The number of nitrogens with two attached hydrogens (primary N) is 1. The third-order valence-corrected chi connectivity index (χ3v) is 4.02. The van der Waals surface area contributed by atoms with Gasteiger partial charge in [-0.1, -0.05) is 19.3 Å². The van der Waals surface area contributed by atoms with Gasteiger partial charge in [-0.05, 0) is 12.8 Å². The number of ether oxygens (including phenoxy) is 1. The van der Waals surface area contributed by atoms with Crippen LogP contribution < -0.4 is 16.4 Å². The average Bonchev–Trinajstić information content (AvgIpc) is 2.95. The summed E-state index contributed by atoms with van der Waals surface area (Å²) in [6.45, 7) is 1.01. The van der Waals surface area contributed by atoms with Crippen molar-refractivity contribution < 1.29 is 14.3 Å². The van der Waals surface area contributed by atoms with Crippen molar-refractivity contribution in [2.75, 3.05) is 25.6 Å². The topological polar surface area (TPSA) is 111 Å². The number of rotatable bonds is 7. The van der Waals surface area contributed by atoms with E-state index in [2.05, 4.69) is 15.7 Å². The molecule has 1 saturated carbocycles. The van der Waals surface area contributed by atoms with Crippen molar-refractivity contribution in [3.8, 4) is 0 Å². The number of methoxy groups -OCH3 is 1. The second-order valence-corrected chi connectivity index (χ2v) is 5.94. The molecule has 9 heteroatoms. The molecule has 0 saturated heterocycles. The van der Waals surface area contributed by atoms with E-state index in [0.717, 1.165) is 19.3 Å². The van der Waals surface area contributed by atoms with Gasteiger partial charge >= 0.3 is 0 Å². The van der Waals surface area contributed by atoms with Crippen LogP contribution in [0.3, 0.4) is 0 Å². The van der Waals surface area contributed by atoms with E-state index in [1.54, 1.807) is 13.3 Å². The van der Waals surface area contributed by atoms with Gasteiger partial charge in [-0.2, -0.15) is 5.10 Å². The molecule has 0 aliphatic heterocycles. The van der Waals surface area contributed by atoms with E-state index in [1.807, 2.05) is 0 Å². The Kier molecular flexibility index (Phi) is 8.17. The molecule has 1 fully saturated rings. The van der Waals surface area contributed by atoms with Gasteiger partial charge in [0.25, 0.3) is 0 Å². The van der Waals surface area contributed by atoms with Crippen molar-refractivity contribution in [3.63, 3.8) is 0 Å². The summed E-state index contributed by atoms with van der Waals surface area (Å²) in [7, 11) is 1.57. The highest BCUT2D eigenvalue weighted by Crippen LogP contribution is 2.27. The highest BCUT2D eigenvalue weighted by molar-refractivity contribution is 5.97. The van der Waals surface area contributed by atoms with Crippen LogP contribution in [0.2, 0.25) is 0 Å². The molecule has 2 rings (SSSR count). The lowest BCUT2D eigenvalue weighted by atomic mass is 9.82. The summed E-state index contributed by atoms with van der Waals surface area (Å²) in [6, 6.07) is 0. The van der Waals surface area contributed by atoms with Gasteiger partial charge in [0, 0.05) is 19.9 Å². The van der Waals surface area contributed by atoms with Gasteiger partial charge in [-0.3, -0.25) is 14.3 Å². The largest absolute Gasteiger partial charge is 0.383 e. The first kappa shape index (κ1) is 20.4. The van der Waals surface area contributed by atoms with Gasteiger partial charge in [0.05, 0.1) is 24.0 Å². The van der Waals surface area contributed by atoms with E-state index in [-0.39, 0.29) is 30.8 Å². The average molecular weight is 360 g/mol. The van der Waals surface area contributed by atoms with Crippen molar-refractivity contribution in [2.24, 2.45) is 5.73 Å². The SMILES string of the molecule is COCCNC(=O)Cn1cc(NC(=O)C2(N)CCCCC2)cn1.Cl. The Morgan fingerprint density at radius 2 is 2.08 bits per heavy atom. The Bertz CT molecular complexity index is 543. The third-order valence-electron chi connectivity index (χ3n) is 4.02. The number of carbonyl (C=O) groups is 2. The molecule has 0 spiro atoms. The van der Waals surface area contributed by atoms with E-state index in [0.29, 0.717) is 31.7 Å². The lowest BCUT2D eigenvalue weighted by Gasteiger charge is -2.31. The van der Waals surface area contributed by atoms with Gasteiger partial charge in [-0.15, -0.1) is 12.4 Å². The number of aromatic nitrogens is 2. The molecule has 1 heterocycles. The van der Waals surface area contributed by atoms with Gasteiger partial charge < -0.3 is 21.1 Å². The molecule has 2 amide bonds. The Morgan fingerprint density at radius 1 is 1.38 bits per heavy atom. The molecular formula is C15H26ClN5O3. The van der Waals surface area contributed by atoms with Gasteiger partial charge in [0.1, 0.15) is 6.54 Å². The van der Waals surface area contributed by atoms with Crippen molar-refractivity contribution in [2.45, 2.75) is 44.2 Å². The second-order valence-electron chi connectivity index (χ2n) is 5.94. The molecular weight excluding hydrogens is 334 g/mol. The van der Waals surface area contributed by atoms with E-state index in [1.165, 1.54) is 10.9 Å². The van der Waals surface area contributed by atoms with Crippen LogP contribution >= 0.6 is 12.4 Å². The maximum absolute atomic E-state index is 12.3. The molecule has 0 radical (unpaired) electrons. The number of amides is 2. The molecule has 0 bridgehead atoms. The van der Waals surface area contributed by atoms with Crippen LogP contribution in [0.15, 0.2) is 12.4 Å². The molecule has 4 N–H and O–H groups in total. The van der Waals surface area contributed by atoms with Crippen molar-refractivity contribution in [3.05, 3.63) is 12.4 Å². The maximum Gasteiger partial charge on any atom is 0.244 e. The summed E-state index contributed by atoms with van der Waals surface area (Å²) in [5.74, 6) is -0.341. The van der Waals surface area contributed by atoms with Crippen LogP contribution in [0.4, 0.5) is 5.69 Å². The Balaban J connectivity index is 0.00000288. The summed E-state index contributed by atoms with van der Waals surface area (Å²) in [6.07, 6.45) is 7.63. The van der Waals surface area contributed by atoms with Crippen LogP contribution in [0.5, 0.6) is 0 Å². The molecule has 1 aromatic rings. The van der Waals surface area contributed by atoms with Crippen molar-refractivity contribution in [1.29, 1.82) is 0 Å². The van der Waals surface area contributed by atoms with Crippen LogP contribution in [0.1, 0.15) is 32.1 Å². The quantitative estimate of drug-likeness (QED) is 0.619. The van der Waals surface area contributed by atoms with Crippen molar-refractivity contribution >= 4 is 29.9 Å². The van der Waals surface area contributed by atoms with E-state index >= 15 is 0 Å². The van der Waals surface area contributed by atoms with Gasteiger partial charge in [-0.25, -0.2) is 0 Å². The Morgan fingerprint density at radius 3 is 2.75 bits per heavy atom.